The molecule has 1 atom stereocenters. The highest BCUT2D eigenvalue weighted by Gasteiger charge is 2.45. The summed E-state index contributed by atoms with van der Waals surface area (Å²) in [4.78, 5) is 30.5. The number of hydrogen-bond acceptors (Lipinski definition) is 5. The molecular formula is C23H20N2O4. The third-order valence-electron chi connectivity index (χ3n) is 6.62. The van der Waals surface area contributed by atoms with Gasteiger partial charge in [0.25, 0.3) is 5.56 Å². The zero-order chi connectivity index (χ0) is 19.9. The van der Waals surface area contributed by atoms with Crippen LogP contribution in [0.5, 0.6) is 0 Å². The van der Waals surface area contributed by atoms with E-state index in [1.165, 1.54) is 5.56 Å². The topological polar surface area (TPSA) is 81.4 Å². The Labute approximate surface area is 166 Å². The highest BCUT2D eigenvalue weighted by Crippen LogP contribution is 2.48. The summed E-state index contributed by atoms with van der Waals surface area (Å²) in [6.07, 6.45) is 2.45. The molecule has 3 aliphatic rings. The van der Waals surface area contributed by atoms with E-state index in [0.717, 1.165) is 35.0 Å². The fourth-order valence-electron chi connectivity index (χ4n) is 4.90. The molecule has 1 N–H and O–H groups in total. The smallest absolute Gasteiger partial charge is 0.343 e. The highest BCUT2D eigenvalue weighted by molar-refractivity contribution is 5.89. The number of ether oxygens (including phenoxy) is 1. The largest absolute Gasteiger partial charge is 0.458 e. The minimum absolute atomic E-state index is 0.100. The van der Waals surface area contributed by atoms with Crippen molar-refractivity contribution < 1.29 is 14.6 Å². The Balaban J connectivity index is 1.67. The Hall–Kier alpha value is -2.99. The van der Waals surface area contributed by atoms with Crippen molar-refractivity contribution in [3.8, 4) is 11.4 Å². The SMILES string of the molecule is CC[C@@]1(O)C(=O)OCc2c1cc1n(c2=O)Cc2c-1nc1ccccc1c2C1CC1. The number of rotatable bonds is 2. The summed E-state index contributed by atoms with van der Waals surface area (Å²) in [7, 11) is 0. The molecule has 6 heteroatoms. The minimum Gasteiger partial charge on any atom is -0.458 e. The highest BCUT2D eigenvalue weighted by atomic mass is 16.6. The molecule has 6 rings (SSSR count). The van der Waals surface area contributed by atoms with Gasteiger partial charge >= 0.3 is 5.97 Å². The Morgan fingerprint density at radius 3 is 2.79 bits per heavy atom. The van der Waals surface area contributed by atoms with Crippen molar-refractivity contribution in [1.82, 2.24) is 9.55 Å². The van der Waals surface area contributed by atoms with Gasteiger partial charge in [-0.1, -0.05) is 25.1 Å². The zero-order valence-corrected chi connectivity index (χ0v) is 16.1. The average molecular weight is 388 g/mol. The lowest BCUT2D eigenvalue weighted by Crippen LogP contribution is -2.44. The molecule has 146 valence electrons. The van der Waals surface area contributed by atoms with Gasteiger partial charge < -0.3 is 14.4 Å². The fraction of sp³-hybridized carbons (Fsp3) is 0.348. The second-order valence-electron chi connectivity index (χ2n) is 8.25. The van der Waals surface area contributed by atoms with Gasteiger partial charge in [0, 0.05) is 16.5 Å². The van der Waals surface area contributed by atoms with Crippen molar-refractivity contribution in [2.24, 2.45) is 0 Å². The normalized spacial score (nSPS) is 22.2. The predicted octanol–water partition coefficient (Wildman–Crippen LogP) is 2.96. The summed E-state index contributed by atoms with van der Waals surface area (Å²) in [6, 6.07) is 9.89. The van der Waals surface area contributed by atoms with Gasteiger partial charge in [0.05, 0.1) is 29.0 Å². The second kappa shape index (κ2) is 5.54. The van der Waals surface area contributed by atoms with Crippen molar-refractivity contribution in [3.63, 3.8) is 0 Å². The first-order valence-electron chi connectivity index (χ1n) is 10.1. The number of aromatic nitrogens is 2. The number of aliphatic hydroxyl groups is 1. The molecule has 3 aromatic rings. The third-order valence-corrected chi connectivity index (χ3v) is 6.62. The molecular weight excluding hydrogens is 368 g/mol. The van der Waals surface area contributed by atoms with Crippen molar-refractivity contribution in [2.45, 2.75) is 50.9 Å². The van der Waals surface area contributed by atoms with Gasteiger partial charge in [0.2, 0.25) is 0 Å². The lowest BCUT2D eigenvalue weighted by molar-refractivity contribution is -0.172. The molecule has 1 saturated carbocycles. The summed E-state index contributed by atoms with van der Waals surface area (Å²) >= 11 is 0. The van der Waals surface area contributed by atoms with Crippen LogP contribution in [0.15, 0.2) is 35.1 Å². The van der Waals surface area contributed by atoms with Crippen LogP contribution in [-0.2, 0) is 28.3 Å². The average Bonchev–Trinajstić information content (AvgIpc) is 3.50. The number of fused-ring (bicyclic) bond motifs is 5. The van der Waals surface area contributed by atoms with Crippen molar-refractivity contribution >= 4 is 16.9 Å². The monoisotopic (exact) mass is 388 g/mol. The van der Waals surface area contributed by atoms with Gasteiger partial charge in [-0.05, 0) is 42.9 Å². The first kappa shape index (κ1) is 16.9. The van der Waals surface area contributed by atoms with E-state index in [1.807, 2.05) is 18.2 Å². The quantitative estimate of drug-likeness (QED) is 0.534. The number of hydrogen-bond donors (Lipinski definition) is 1. The molecule has 29 heavy (non-hydrogen) atoms. The summed E-state index contributed by atoms with van der Waals surface area (Å²) < 4.78 is 6.86. The Morgan fingerprint density at radius 1 is 1.24 bits per heavy atom. The predicted molar refractivity (Wildman–Crippen MR) is 106 cm³/mol. The van der Waals surface area contributed by atoms with Crippen LogP contribution in [0.4, 0.5) is 0 Å². The molecule has 0 spiro atoms. The van der Waals surface area contributed by atoms with Gasteiger partial charge in [0.1, 0.15) is 6.61 Å². The van der Waals surface area contributed by atoms with E-state index in [-0.39, 0.29) is 18.6 Å². The number of para-hydroxylation sites is 1. The van der Waals surface area contributed by atoms with E-state index in [0.29, 0.717) is 29.3 Å². The Kier molecular flexibility index (Phi) is 3.23. The first-order valence-corrected chi connectivity index (χ1v) is 10.1. The summed E-state index contributed by atoms with van der Waals surface area (Å²) in [5.41, 5.74) is 3.51. The van der Waals surface area contributed by atoms with Crippen LogP contribution in [0.25, 0.3) is 22.3 Å². The van der Waals surface area contributed by atoms with Crippen molar-refractivity contribution in [3.05, 3.63) is 62.9 Å². The van der Waals surface area contributed by atoms with Crippen LogP contribution in [-0.4, -0.2) is 20.6 Å². The number of benzene rings is 1. The van der Waals surface area contributed by atoms with Gasteiger partial charge in [0.15, 0.2) is 5.60 Å². The van der Waals surface area contributed by atoms with Crippen LogP contribution in [0, 0.1) is 0 Å². The lowest BCUT2D eigenvalue weighted by Gasteiger charge is -2.31. The summed E-state index contributed by atoms with van der Waals surface area (Å²) in [6.45, 7) is 2.09. The Bertz CT molecular complexity index is 1290. The second-order valence-corrected chi connectivity index (χ2v) is 8.25. The van der Waals surface area contributed by atoms with Crippen molar-refractivity contribution in [1.29, 1.82) is 0 Å². The van der Waals surface area contributed by atoms with Crippen LogP contribution in [0.2, 0.25) is 0 Å². The number of nitrogens with zero attached hydrogens (tertiary/aromatic N) is 2. The third kappa shape index (κ3) is 2.12. The summed E-state index contributed by atoms with van der Waals surface area (Å²) in [5, 5.41) is 12.1. The van der Waals surface area contributed by atoms with Gasteiger partial charge in [-0.3, -0.25) is 4.79 Å². The number of carbonyl (C=O) groups is 1. The standard InChI is InChI=1S/C23H20N2O4/c1-2-23(28)16-9-18-20-14(10-25(18)21(26)15(16)11-29-22(23)27)19(12-7-8-12)13-5-3-4-6-17(13)24-20/h3-6,9,12,28H,2,7-8,10-11H2,1H3/t23-/m0/s1. The molecule has 1 fully saturated rings. The number of carbonyl (C=O) groups excluding carboxylic acids is 1. The molecule has 0 saturated heterocycles. The molecule has 2 aliphatic heterocycles. The maximum atomic E-state index is 13.3. The van der Waals surface area contributed by atoms with Crippen molar-refractivity contribution in [2.75, 3.05) is 0 Å². The molecule has 6 nitrogen and oxygen atoms in total. The molecule has 1 aromatic carbocycles. The molecule has 0 unspecified atom stereocenters. The number of esters is 1. The summed E-state index contributed by atoms with van der Waals surface area (Å²) in [5.74, 6) is -0.186. The zero-order valence-electron chi connectivity index (χ0n) is 16.1. The van der Waals surface area contributed by atoms with Crippen LogP contribution in [0.3, 0.4) is 0 Å². The van der Waals surface area contributed by atoms with E-state index < -0.39 is 11.6 Å². The number of pyridine rings is 2. The van der Waals surface area contributed by atoms with Gasteiger partial charge in [-0.2, -0.15) is 0 Å². The maximum absolute atomic E-state index is 13.3. The fourth-order valence-corrected chi connectivity index (χ4v) is 4.90. The first-order chi connectivity index (χ1) is 14.0. The Morgan fingerprint density at radius 2 is 2.03 bits per heavy atom. The lowest BCUT2D eigenvalue weighted by atomic mass is 9.86. The molecule has 4 heterocycles. The van der Waals surface area contributed by atoms with Crippen LogP contribution >= 0.6 is 0 Å². The van der Waals surface area contributed by atoms with E-state index in [4.69, 9.17) is 9.72 Å². The van der Waals surface area contributed by atoms with Gasteiger partial charge in [-0.15, -0.1) is 0 Å². The molecule has 0 bridgehead atoms. The van der Waals surface area contributed by atoms with E-state index >= 15 is 0 Å². The van der Waals surface area contributed by atoms with Crippen LogP contribution < -0.4 is 5.56 Å². The van der Waals surface area contributed by atoms with E-state index in [9.17, 15) is 14.7 Å². The molecule has 2 aromatic heterocycles. The minimum atomic E-state index is -1.79. The van der Waals surface area contributed by atoms with E-state index in [1.54, 1.807) is 17.6 Å². The molecule has 1 aliphatic carbocycles. The van der Waals surface area contributed by atoms with E-state index in [2.05, 4.69) is 6.07 Å². The number of cyclic esters (lactones) is 1. The maximum Gasteiger partial charge on any atom is 0.343 e. The van der Waals surface area contributed by atoms with Gasteiger partial charge in [-0.25, -0.2) is 9.78 Å². The van der Waals surface area contributed by atoms with Crippen LogP contribution in [0.1, 0.15) is 54.4 Å². The molecule has 0 radical (unpaired) electrons. The molecule has 0 amide bonds.